The number of rotatable bonds is 4. The number of hydrogen-bond acceptors (Lipinski definition) is 4. The Bertz CT molecular complexity index is 3990. The van der Waals surface area contributed by atoms with Crippen molar-refractivity contribution in [2.45, 2.75) is 12.8 Å². The topological polar surface area (TPSA) is 83.7 Å². The second-order valence-corrected chi connectivity index (χ2v) is 15.9. The minimum atomic E-state index is 0.376. The van der Waals surface area contributed by atoms with E-state index in [1.807, 2.05) is 97.1 Å². The summed E-state index contributed by atoms with van der Waals surface area (Å²) in [5.74, 6) is 0. The highest BCUT2D eigenvalue weighted by atomic mass is 16.3. The van der Waals surface area contributed by atoms with Crippen molar-refractivity contribution in [2.24, 2.45) is 0 Å². The first-order chi connectivity index (χ1) is 30.7. The Hall–Kier alpha value is -8.76. The van der Waals surface area contributed by atoms with Crippen LogP contribution >= 0.6 is 0 Å². The molecule has 13 rings (SSSR count). The number of nitrogens with zero attached hydrogens (tertiary/aromatic N) is 4. The molecule has 6 nitrogen and oxygen atoms in total. The molecule has 0 unspecified atom stereocenters. The highest BCUT2D eigenvalue weighted by molar-refractivity contribution is 6.24. The lowest BCUT2D eigenvalue weighted by Crippen LogP contribution is -2.13. The molecule has 0 atom stereocenters. The van der Waals surface area contributed by atoms with Crippen LogP contribution in [-0.4, -0.2) is 9.13 Å². The maximum Gasteiger partial charge on any atom is 0.145 e. The number of hydrogen-bond donors (Lipinski definition) is 0. The van der Waals surface area contributed by atoms with Crippen LogP contribution in [0.2, 0.25) is 0 Å². The second-order valence-electron chi connectivity index (χ2n) is 15.9. The van der Waals surface area contributed by atoms with E-state index in [1.54, 1.807) is 0 Å². The molecule has 0 bridgehead atoms. The fourth-order valence-corrected chi connectivity index (χ4v) is 10.3. The summed E-state index contributed by atoms with van der Waals surface area (Å²) in [6.45, 7) is 0. The first-order valence-corrected chi connectivity index (χ1v) is 20.7. The van der Waals surface area contributed by atoms with E-state index in [0.29, 0.717) is 39.2 Å². The van der Waals surface area contributed by atoms with Gasteiger partial charge in [-0.2, -0.15) is 10.5 Å². The van der Waals surface area contributed by atoms with Crippen molar-refractivity contribution in [1.29, 1.82) is 10.5 Å². The Morgan fingerprint density at radius 3 is 1.82 bits per heavy atom. The van der Waals surface area contributed by atoms with Crippen LogP contribution in [-0.2, 0) is 6.42 Å². The largest absolute Gasteiger partial charge is 0.455 e. The first-order valence-electron chi connectivity index (χ1n) is 20.7. The molecule has 286 valence electrons. The smallest absolute Gasteiger partial charge is 0.145 e. The summed E-state index contributed by atoms with van der Waals surface area (Å²) in [7, 11) is 0. The third kappa shape index (κ3) is 4.52. The minimum Gasteiger partial charge on any atom is -0.455 e. The number of para-hydroxylation sites is 3. The van der Waals surface area contributed by atoms with E-state index in [1.165, 1.54) is 0 Å². The lowest BCUT2D eigenvalue weighted by molar-refractivity contribution is 0.672. The molecule has 0 saturated heterocycles. The molecule has 0 spiro atoms. The summed E-state index contributed by atoms with van der Waals surface area (Å²) in [4.78, 5) is 0. The van der Waals surface area contributed by atoms with E-state index in [2.05, 4.69) is 94.1 Å². The predicted molar refractivity (Wildman–Crippen MR) is 247 cm³/mol. The van der Waals surface area contributed by atoms with E-state index in [4.69, 9.17) is 8.83 Å². The summed E-state index contributed by atoms with van der Waals surface area (Å²) in [5, 5.41) is 30.5. The quantitative estimate of drug-likeness (QED) is 0.178. The van der Waals surface area contributed by atoms with Gasteiger partial charge in [0.15, 0.2) is 0 Å². The maximum absolute atomic E-state index is 11.7. The summed E-state index contributed by atoms with van der Waals surface area (Å²) in [5.41, 5.74) is 12.8. The Kier molecular flexibility index (Phi) is 7.09. The van der Waals surface area contributed by atoms with Crippen molar-refractivity contribution < 1.29 is 8.83 Å². The molecule has 6 heteroatoms. The Morgan fingerprint density at radius 1 is 0.532 bits per heavy atom. The molecule has 0 aliphatic heterocycles. The zero-order valence-electron chi connectivity index (χ0n) is 33.0. The van der Waals surface area contributed by atoms with Crippen LogP contribution in [0.4, 0.5) is 0 Å². The van der Waals surface area contributed by atoms with E-state index in [9.17, 15) is 10.5 Å². The van der Waals surface area contributed by atoms with E-state index in [0.717, 1.165) is 106 Å². The van der Waals surface area contributed by atoms with E-state index < -0.39 is 0 Å². The van der Waals surface area contributed by atoms with Crippen LogP contribution in [0.15, 0.2) is 161 Å². The standard InChI is InChI=1S/C56H30N4O2/c57-31-41-49(33-15-3-1-4-16-33)42(32-58)54(60-44-24-12-8-22-40(44)52-46(60)30-28-38-36-20-10-14-26-48(36)62-56(38)52)50(34-17-5-2-6-18-34)53(41)59-43-23-11-7-21-39(43)51-45(59)29-27-37-35-19-9-13-25-47(35)61-55(37)51/h1-5,7-11,13-17,19-23,25-30H,12,24H2. The molecule has 0 N–H and O–H groups in total. The van der Waals surface area contributed by atoms with Crippen molar-refractivity contribution in [3.05, 3.63) is 186 Å². The lowest BCUT2D eigenvalue weighted by atomic mass is 9.86. The van der Waals surface area contributed by atoms with Crippen LogP contribution in [0.25, 0.3) is 116 Å². The summed E-state index contributed by atoms with van der Waals surface area (Å²) < 4.78 is 17.9. The fraction of sp³-hybridized carbons (Fsp3) is 0.0357. The number of aromatic nitrogens is 2. The molecule has 0 saturated carbocycles. The van der Waals surface area contributed by atoms with Gasteiger partial charge in [0.25, 0.3) is 0 Å². The van der Waals surface area contributed by atoms with Crippen molar-refractivity contribution in [1.82, 2.24) is 9.13 Å². The van der Waals surface area contributed by atoms with Crippen LogP contribution < -0.4 is 0 Å². The van der Waals surface area contributed by atoms with Crippen molar-refractivity contribution in [3.8, 4) is 45.8 Å². The molecular weight excluding hydrogens is 761 g/mol. The summed E-state index contributed by atoms with van der Waals surface area (Å²) in [6.07, 6.45) is 5.97. The summed E-state index contributed by atoms with van der Waals surface area (Å²) >= 11 is 0. The molecule has 4 heterocycles. The van der Waals surface area contributed by atoms with Crippen molar-refractivity contribution in [3.63, 3.8) is 0 Å². The maximum atomic E-state index is 11.7. The lowest BCUT2D eigenvalue weighted by Gasteiger charge is -2.26. The number of furan rings is 2. The van der Waals surface area contributed by atoms with Crippen LogP contribution in [0.1, 0.15) is 28.8 Å². The van der Waals surface area contributed by atoms with Crippen LogP contribution in [0.5, 0.6) is 0 Å². The number of allylic oxidation sites excluding steroid dienone is 1. The molecular formula is C56H30N4O2. The molecule has 8 aromatic carbocycles. The van der Waals surface area contributed by atoms with Gasteiger partial charge in [0.1, 0.15) is 34.5 Å². The third-order valence-electron chi connectivity index (χ3n) is 12.7. The average molecular weight is 791 g/mol. The van der Waals surface area contributed by atoms with Gasteiger partial charge in [-0.3, -0.25) is 0 Å². The van der Waals surface area contributed by atoms with E-state index in [-0.39, 0.29) is 0 Å². The second kappa shape index (κ2) is 12.9. The molecule has 4 aromatic heterocycles. The Balaban J connectivity index is 1.29. The molecule has 12 aromatic rings. The number of benzene rings is 7. The normalized spacial score (nSPS) is 12.5. The van der Waals surface area contributed by atoms with Gasteiger partial charge in [0.2, 0.25) is 0 Å². The van der Waals surface area contributed by atoms with Crippen molar-refractivity contribution in [2.75, 3.05) is 0 Å². The Labute approximate surface area is 354 Å². The van der Waals surface area contributed by atoms with Crippen LogP contribution in [0, 0.1) is 34.8 Å². The average Bonchev–Trinajstić information content (AvgIpc) is 4.09. The highest BCUT2D eigenvalue weighted by Crippen LogP contribution is 2.50. The van der Waals surface area contributed by atoms with E-state index >= 15 is 0 Å². The molecule has 1 aliphatic rings. The molecule has 1 aliphatic carbocycles. The zero-order chi connectivity index (χ0) is 41.1. The number of fused-ring (bicyclic) bond motifs is 14. The van der Waals surface area contributed by atoms with Crippen molar-refractivity contribution >= 4 is 82.7 Å². The fourth-order valence-electron chi connectivity index (χ4n) is 10.3. The van der Waals surface area contributed by atoms with Gasteiger partial charge in [0, 0.05) is 54.9 Å². The number of nitriles is 2. The first kappa shape index (κ1) is 34.1. The summed E-state index contributed by atoms with van der Waals surface area (Å²) in [6, 6.07) is 60.8. The van der Waals surface area contributed by atoms with Gasteiger partial charge >= 0.3 is 0 Å². The van der Waals surface area contributed by atoms with Gasteiger partial charge in [-0.05, 0) is 73.0 Å². The predicted octanol–water partition coefficient (Wildman–Crippen LogP) is 14.2. The van der Waals surface area contributed by atoms with Gasteiger partial charge < -0.3 is 18.0 Å². The Morgan fingerprint density at radius 2 is 1.15 bits per heavy atom. The van der Waals surface area contributed by atoms with Gasteiger partial charge in [0.05, 0.1) is 49.8 Å². The molecule has 0 fully saturated rings. The van der Waals surface area contributed by atoms with Gasteiger partial charge in [-0.1, -0.05) is 115 Å². The van der Waals surface area contributed by atoms with Gasteiger partial charge in [-0.25, -0.2) is 0 Å². The highest BCUT2D eigenvalue weighted by Gasteiger charge is 2.34. The monoisotopic (exact) mass is 790 g/mol. The molecule has 0 radical (unpaired) electrons. The van der Waals surface area contributed by atoms with Gasteiger partial charge in [-0.15, -0.1) is 0 Å². The molecule has 62 heavy (non-hydrogen) atoms. The molecule has 0 amide bonds. The SMILES string of the molecule is N#Cc1c(-c2ccccc2)c(C#N)c(-n2c3ccccc3c3c4oc5ccccc5c4ccc32)c(-c2c#cccc2)c1-n1c2c(c3c4oc5ccccc5c4ccc31)C=CCC2. The van der Waals surface area contributed by atoms with Crippen LogP contribution in [0.3, 0.4) is 0 Å². The zero-order valence-corrected chi connectivity index (χ0v) is 33.0. The minimum absolute atomic E-state index is 0.376. The third-order valence-corrected chi connectivity index (χ3v) is 12.7.